The van der Waals surface area contributed by atoms with Gasteiger partial charge in [-0.1, -0.05) is 0 Å². The molecule has 1 amide bonds. The standard InChI is InChI=1S/C19H18N4O4/c24-17-10-14(12-3-4-15-16(9-12)27-8-7-26-15)21-18-13(11-20-23(17)18)19(25)22-5-1-2-6-22/h3-4,9-11,20H,1-2,5-8H2. The third-order valence-electron chi connectivity index (χ3n) is 4.96. The van der Waals surface area contributed by atoms with Gasteiger partial charge in [0.15, 0.2) is 17.1 Å². The van der Waals surface area contributed by atoms with E-state index in [0.717, 1.165) is 31.5 Å². The van der Waals surface area contributed by atoms with Gasteiger partial charge in [-0.15, -0.1) is 0 Å². The Morgan fingerprint density at radius 2 is 1.85 bits per heavy atom. The van der Waals surface area contributed by atoms with Crippen LogP contribution in [0.25, 0.3) is 16.9 Å². The molecule has 2 aliphatic heterocycles. The molecule has 2 aliphatic rings. The van der Waals surface area contributed by atoms with E-state index in [-0.39, 0.29) is 11.5 Å². The Balaban J connectivity index is 1.60. The lowest BCUT2D eigenvalue weighted by molar-refractivity contribution is 0.0794. The molecule has 0 bridgehead atoms. The Labute approximate surface area is 154 Å². The van der Waals surface area contributed by atoms with Crippen LogP contribution in [-0.2, 0) is 0 Å². The summed E-state index contributed by atoms with van der Waals surface area (Å²) in [5.41, 5.74) is 1.70. The fourth-order valence-corrected chi connectivity index (χ4v) is 3.58. The summed E-state index contributed by atoms with van der Waals surface area (Å²) >= 11 is 0. The van der Waals surface area contributed by atoms with Gasteiger partial charge in [-0.05, 0) is 31.0 Å². The van der Waals surface area contributed by atoms with Crippen LogP contribution in [0.15, 0.2) is 35.3 Å². The minimum atomic E-state index is -0.273. The Morgan fingerprint density at radius 3 is 2.67 bits per heavy atom. The first-order chi connectivity index (χ1) is 13.2. The van der Waals surface area contributed by atoms with Crippen molar-refractivity contribution in [1.82, 2.24) is 19.5 Å². The molecule has 27 heavy (non-hydrogen) atoms. The maximum Gasteiger partial charge on any atom is 0.273 e. The van der Waals surface area contributed by atoms with E-state index in [4.69, 9.17) is 9.47 Å². The fourth-order valence-electron chi connectivity index (χ4n) is 3.58. The number of H-pyrrole nitrogens is 1. The van der Waals surface area contributed by atoms with E-state index in [1.54, 1.807) is 23.2 Å². The SMILES string of the molecule is O=C(c1c[nH]n2c(=O)cc(-c3ccc4c(c3)OCCO4)nc12)N1CCCC1. The van der Waals surface area contributed by atoms with Crippen molar-refractivity contribution >= 4 is 11.6 Å². The molecule has 5 rings (SSSR count). The first kappa shape index (κ1) is 15.9. The average molecular weight is 366 g/mol. The second-order valence-electron chi connectivity index (χ2n) is 6.68. The van der Waals surface area contributed by atoms with E-state index in [2.05, 4.69) is 10.1 Å². The Bertz CT molecular complexity index is 1090. The number of likely N-dealkylation sites (tertiary alicyclic amines) is 1. The van der Waals surface area contributed by atoms with Crippen LogP contribution in [0.4, 0.5) is 0 Å². The van der Waals surface area contributed by atoms with Gasteiger partial charge in [0.1, 0.15) is 18.8 Å². The second-order valence-corrected chi connectivity index (χ2v) is 6.68. The summed E-state index contributed by atoms with van der Waals surface area (Å²) in [5, 5.41) is 2.84. The van der Waals surface area contributed by atoms with Crippen molar-refractivity contribution in [1.29, 1.82) is 0 Å². The minimum absolute atomic E-state index is 0.0996. The molecule has 138 valence electrons. The summed E-state index contributed by atoms with van der Waals surface area (Å²) in [6.07, 6.45) is 3.56. The number of ether oxygens (including phenoxy) is 2. The van der Waals surface area contributed by atoms with E-state index >= 15 is 0 Å². The number of carbonyl (C=O) groups is 1. The number of rotatable bonds is 2. The van der Waals surface area contributed by atoms with Gasteiger partial charge in [0.2, 0.25) is 0 Å². The quantitative estimate of drug-likeness (QED) is 0.746. The van der Waals surface area contributed by atoms with Crippen LogP contribution in [0.2, 0.25) is 0 Å². The van der Waals surface area contributed by atoms with Crippen molar-refractivity contribution in [3.05, 3.63) is 46.4 Å². The fraction of sp³-hybridized carbons (Fsp3) is 0.316. The lowest BCUT2D eigenvalue weighted by Gasteiger charge is -2.18. The lowest BCUT2D eigenvalue weighted by Crippen LogP contribution is -2.27. The van der Waals surface area contributed by atoms with Crippen molar-refractivity contribution < 1.29 is 14.3 Å². The van der Waals surface area contributed by atoms with Crippen LogP contribution in [-0.4, -0.2) is 51.7 Å². The molecule has 3 aromatic rings. The first-order valence-electron chi connectivity index (χ1n) is 9.01. The number of aromatic nitrogens is 3. The summed E-state index contributed by atoms with van der Waals surface area (Å²) in [6, 6.07) is 6.89. The lowest BCUT2D eigenvalue weighted by atomic mass is 10.1. The molecule has 0 aliphatic carbocycles. The highest BCUT2D eigenvalue weighted by molar-refractivity contribution is 6.00. The minimum Gasteiger partial charge on any atom is -0.486 e. The highest BCUT2D eigenvalue weighted by atomic mass is 16.6. The van der Waals surface area contributed by atoms with Crippen molar-refractivity contribution in [3.8, 4) is 22.8 Å². The molecule has 0 spiro atoms. The number of carbonyl (C=O) groups excluding carboxylic acids is 1. The zero-order valence-electron chi connectivity index (χ0n) is 14.6. The van der Waals surface area contributed by atoms with Crippen molar-refractivity contribution in [3.63, 3.8) is 0 Å². The molecule has 2 aromatic heterocycles. The predicted molar refractivity (Wildman–Crippen MR) is 97.4 cm³/mol. The molecule has 0 unspecified atom stereocenters. The monoisotopic (exact) mass is 366 g/mol. The molecular formula is C19H18N4O4. The zero-order chi connectivity index (χ0) is 18.4. The van der Waals surface area contributed by atoms with E-state index in [1.165, 1.54) is 10.6 Å². The number of amides is 1. The summed E-state index contributed by atoms with van der Waals surface area (Å²) < 4.78 is 12.4. The molecular weight excluding hydrogens is 348 g/mol. The molecule has 0 saturated carbocycles. The van der Waals surface area contributed by atoms with Gasteiger partial charge >= 0.3 is 0 Å². The summed E-state index contributed by atoms with van der Waals surface area (Å²) in [7, 11) is 0. The molecule has 8 heteroatoms. The third-order valence-corrected chi connectivity index (χ3v) is 4.96. The van der Waals surface area contributed by atoms with Gasteiger partial charge in [0, 0.05) is 30.9 Å². The van der Waals surface area contributed by atoms with Crippen LogP contribution >= 0.6 is 0 Å². The third kappa shape index (κ3) is 2.64. The molecule has 1 saturated heterocycles. The van der Waals surface area contributed by atoms with Gasteiger partial charge in [0.05, 0.1) is 5.69 Å². The number of fused-ring (bicyclic) bond motifs is 2. The largest absolute Gasteiger partial charge is 0.486 e. The smallest absolute Gasteiger partial charge is 0.273 e. The normalized spacial score (nSPS) is 16.1. The number of hydrogen-bond donors (Lipinski definition) is 1. The number of hydrogen-bond acceptors (Lipinski definition) is 5. The van der Waals surface area contributed by atoms with E-state index in [9.17, 15) is 9.59 Å². The first-order valence-corrected chi connectivity index (χ1v) is 9.01. The van der Waals surface area contributed by atoms with Crippen molar-refractivity contribution in [2.75, 3.05) is 26.3 Å². The summed E-state index contributed by atoms with van der Waals surface area (Å²) in [4.78, 5) is 31.7. The highest BCUT2D eigenvalue weighted by Crippen LogP contribution is 2.33. The number of nitrogens with zero attached hydrogens (tertiary/aromatic N) is 3. The summed E-state index contributed by atoms with van der Waals surface area (Å²) in [6.45, 7) is 2.48. The summed E-state index contributed by atoms with van der Waals surface area (Å²) in [5.74, 6) is 1.20. The molecule has 4 heterocycles. The molecule has 1 fully saturated rings. The maximum absolute atomic E-state index is 12.8. The maximum atomic E-state index is 12.8. The van der Waals surface area contributed by atoms with Gasteiger partial charge in [-0.25, -0.2) is 9.50 Å². The van der Waals surface area contributed by atoms with E-state index in [0.29, 0.717) is 41.6 Å². The van der Waals surface area contributed by atoms with Crippen LogP contribution in [0.3, 0.4) is 0 Å². The second kappa shape index (κ2) is 6.15. The van der Waals surface area contributed by atoms with E-state index < -0.39 is 0 Å². The molecule has 8 nitrogen and oxygen atoms in total. The Kier molecular flexibility index (Phi) is 3.63. The van der Waals surface area contributed by atoms with Gasteiger partial charge in [-0.3, -0.25) is 14.7 Å². The van der Waals surface area contributed by atoms with Crippen molar-refractivity contribution in [2.24, 2.45) is 0 Å². The van der Waals surface area contributed by atoms with Crippen LogP contribution in [0, 0.1) is 0 Å². The number of aromatic amines is 1. The Hall–Kier alpha value is -3.29. The molecule has 0 radical (unpaired) electrons. The molecule has 1 N–H and O–H groups in total. The number of benzene rings is 1. The average Bonchev–Trinajstić information content (AvgIpc) is 3.37. The Morgan fingerprint density at radius 1 is 1.07 bits per heavy atom. The topological polar surface area (TPSA) is 88.9 Å². The van der Waals surface area contributed by atoms with Crippen LogP contribution in [0.5, 0.6) is 11.5 Å². The van der Waals surface area contributed by atoms with Gasteiger partial charge in [0.25, 0.3) is 11.5 Å². The van der Waals surface area contributed by atoms with Gasteiger partial charge < -0.3 is 14.4 Å². The van der Waals surface area contributed by atoms with E-state index in [1.807, 2.05) is 6.07 Å². The molecule has 0 atom stereocenters. The molecule has 1 aromatic carbocycles. The predicted octanol–water partition coefficient (Wildman–Crippen LogP) is 1.70. The van der Waals surface area contributed by atoms with Crippen LogP contribution < -0.4 is 15.0 Å². The highest BCUT2D eigenvalue weighted by Gasteiger charge is 2.24. The number of nitrogens with one attached hydrogen (secondary N) is 1. The van der Waals surface area contributed by atoms with Crippen molar-refractivity contribution in [2.45, 2.75) is 12.8 Å². The van der Waals surface area contributed by atoms with Crippen LogP contribution in [0.1, 0.15) is 23.2 Å². The zero-order valence-corrected chi connectivity index (χ0v) is 14.6. The van der Waals surface area contributed by atoms with Gasteiger partial charge in [-0.2, -0.15) is 0 Å².